The van der Waals surface area contributed by atoms with Crippen LogP contribution in [0.2, 0.25) is 0 Å². The molecule has 2 atom stereocenters. The van der Waals surface area contributed by atoms with Crippen molar-refractivity contribution in [1.82, 2.24) is 9.47 Å². The van der Waals surface area contributed by atoms with Crippen molar-refractivity contribution in [3.8, 4) is 0 Å². The Morgan fingerprint density at radius 1 is 1.44 bits per heavy atom. The fourth-order valence-electron chi connectivity index (χ4n) is 2.73. The van der Waals surface area contributed by atoms with Gasteiger partial charge in [0.25, 0.3) is 5.56 Å². The number of pyridine rings is 1. The normalized spacial score (nSPS) is 22.2. The maximum atomic E-state index is 11.6. The maximum absolute atomic E-state index is 11.6. The van der Waals surface area contributed by atoms with Crippen molar-refractivity contribution in [2.45, 2.75) is 44.9 Å². The third-order valence-electron chi connectivity index (χ3n) is 3.64. The first-order chi connectivity index (χ1) is 8.66. The molecule has 18 heavy (non-hydrogen) atoms. The van der Waals surface area contributed by atoms with E-state index in [-0.39, 0.29) is 11.7 Å². The van der Waals surface area contributed by atoms with Crippen LogP contribution in [0.25, 0.3) is 0 Å². The van der Waals surface area contributed by atoms with Crippen LogP contribution in [0, 0.1) is 0 Å². The Morgan fingerprint density at radius 3 is 3.00 bits per heavy atom. The molecule has 2 unspecified atom stereocenters. The van der Waals surface area contributed by atoms with E-state index in [1.165, 1.54) is 6.42 Å². The number of nitrogens with zero attached hydrogens (tertiary/aromatic N) is 2. The molecule has 0 aromatic carbocycles. The van der Waals surface area contributed by atoms with Gasteiger partial charge in [0.2, 0.25) is 0 Å². The summed E-state index contributed by atoms with van der Waals surface area (Å²) in [6, 6.07) is 5.73. The lowest BCUT2D eigenvalue weighted by Gasteiger charge is -2.25. The minimum absolute atomic E-state index is 0.0590. The van der Waals surface area contributed by atoms with Crippen LogP contribution in [0.15, 0.2) is 29.2 Å². The lowest BCUT2D eigenvalue weighted by atomic mass is 10.1. The van der Waals surface area contributed by atoms with E-state index in [4.69, 9.17) is 0 Å². The largest absolute Gasteiger partial charge is 0.393 e. The molecule has 1 aromatic heterocycles. The molecule has 4 nitrogen and oxygen atoms in total. The molecule has 1 N–H and O–H groups in total. The molecule has 0 bridgehead atoms. The van der Waals surface area contributed by atoms with Gasteiger partial charge in [0, 0.05) is 31.4 Å². The fraction of sp³-hybridized carbons (Fsp3) is 0.643. The molecular formula is C14H22N2O2. The first-order valence-electron chi connectivity index (χ1n) is 6.74. The third kappa shape index (κ3) is 3.43. The van der Waals surface area contributed by atoms with E-state index < -0.39 is 0 Å². The molecule has 0 aliphatic carbocycles. The molecular weight excluding hydrogens is 228 g/mol. The number of aromatic nitrogens is 1. The predicted molar refractivity (Wildman–Crippen MR) is 71.6 cm³/mol. The minimum atomic E-state index is -0.241. The molecule has 1 fully saturated rings. The van der Waals surface area contributed by atoms with E-state index in [9.17, 15) is 9.90 Å². The molecule has 2 rings (SSSR count). The Kier molecular flexibility index (Phi) is 4.55. The fourth-order valence-corrected chi connectivity index (χ4v) is 2.73. The van der Waals surface area contributed by atoms with Crippen molar-refractivity contribution in [2.24, 2.45) is 0 Å². The Labute approximate surface area is 108 Å². The standard InChI is InChI=1S/C14H22N2O2/c1-12(17)11-13-5-4-8-15(13)9-10-16-7-3-2-6-14(16)18/h2-3,6-7,12-13,17H,4-5,8-11H2,1H3. The van der Waals surface area contributed by atoms with Crippen LogP contribution in [0.4, 0.5) is 0 Å². The lowest BCUT2D eigenvalue weighted by molar-refractivity contribution is 0.132. The molecule has 0 radical (unpaired) electrons. The van der Waals surface area contributed by atoms with Gasteiger partial charge in [0.1, 0.15) is 0 Å². The number of hydrogen-bond acceptors (Lipinski definition) is 3. The summed E-state index contributed by atoms with van der Waals surface area (Å²) < 4.78 is 1.75. The van der Waals surface area contributed by atoms with Gasteiger partial charge in [-0.15, -0.1) is 0 Å². The Hall–Kier alpha value is -1.13. The van der Waals surface area contributed by atoms with Crippen molar-refractivity contribution in [3.05, 3.63) is 34.7 Å². The van der Waals surface area contributed by atoms with Crippen LogP contribution in [-0.4, -0.2) is 39.8 Å². The first-order valence-corrected chi connectivity index (χ1v) is 6.74. The summed E-state index contributed by atoms with van der Waals surface area (Å²) in [5.74, 6) is 0. The summed E-state index contributed by atoms with van der Waals surface area (Å²) >= 11 is 0. The van der Waals surface area contributed by atoms with Crippen molar-refractivity contribution in [2.75, 3.05) is 13.1 Å². The zero-order valence-electron chi connectivity index (χ0n) is 11.0. The zero-order chi connectivity index (χ0) is 13.0. The van der Waals surface area contributed by atoms with Gasteiger partial charge < -0.3 is 9.67 Å². The van der Waals surface area contributed by atoms with Gasteiger partial charge in [-0.25, -0.2) is 0 Å². The molecule has 4 heteroatoms. The lowest BCUT2D eigenvalue weighted by Crippen LogP contribution is -2.35. The van der Waals surface area contributed by atoms with Crippen LogP contribution in [0.1, 0.15) is 26.2 Å². The smallest absolute Gasteiger partial charge is 0.250 e. The number of likely N-dealkylation sites (tertiary alicyclic amines) is 1. The third-order valence-corrected chi connectivity index (χ3v) is 3.64. The molecule has 1 aromatic rings. The molecule has 0 spiro atoms. The summed E-state index contributed by atoms with van der Waals surface area (Å²) in [4.78, 5) is 14.0. The van der Waals surface area contributed by atoms with E-state index in [0.29, 0.717) is 6.04 Å². The summed E-state index contributed by atoms with van der Waals surface area (Å²) in [6.45, 7) is 4.55. The average molecular weight is 250 g/mol. The highest BCUT2D eigenvalue weighted by atomic mass is 16.3. The molecule has 0 saturated carbocycles. The van der Waals surface area contributed by atoms with E-state index in [1.54, 1.807) is 16.7 Å². The summed E-state index contributed by atoms with van der Waals surface area (Å²) in [6.07, 6.45) is 4.79. The molecule has 2 heterocycles. The second kappa shape index (κ2) is 6.16. The van der Waals surface area contributed by atoms with Gasteiger partial charge in [-0.3, -0.25) is 9.69 Å². The number of aliphatic hydroxyl groups is 1. The van der Waals surface area contributed by atoms with Crippen LogP contribution in [0.3, 0.4) is 0 Å². The van der Waals surface area contributed by atoms with Crippen molar-refractivity contribution >= 4 is 0 Å². The number of hydrogen-bond donors (Lipinski definition) is 1. The van der Waals surface area contributed by atoms with Crippen molar-refractivity contribution in [1.29, 1.82) is 0 Å². The Balaban J connectivity index is 1.90. The molecule has 1 aliphatic rings. The highest BCUT2D eigenvalue weighted by molar-refractivity contribution is 4.93. The topological polar surface area (TPSA) is 45.5 Å². The second-order valence-electron chi connectivity index (χ2n) is 5.15. The second-order valence-corrected chi connectivity index (χ2v) is 5.15. The van der Waals surface area contributed by atoms with Gasteiger partial charge in [-0.1, -0.05) is 6.07 Å². The molecule has 0 amide bonds. The van der Waals surface area contributed by atoms with E-state index >= 15 is 0 Å². The monoisotopic (exact) mass is 250 g/mol. The first kappa shape index (κ1) is 13.3. The molecule has 1 aliphatic heterocycles. The summed E-state index contributed by atoms with van der Waals surface area (Å²) in [7, 11) is 0. The predicted octanol–water partition coefficient (Wildman–Crippen LogP) is 1.08. The van der Waals surface area contributed by atoms with Crippen molar-refractivity contribution in [3.63, 3.8) is 0 Å². The SMILES string of the molecule is CC(O)CC1CCCN1CCn1ccccc1=O. The quantitative estimate of drug-likeness (QED) is 0.850. The zero-order valence-corrected chi connectivity index (χ0v) is 11.0. The maximum Gasteiger partial charge on any atom is 0.250 e. The Morgan fingerprint density at radius 2 is 2.28 bits per heavy atom. The van der Waals surface area contributed by atoms with Crippen LogP contribution in [-0.2, 0) is 6.54 Å². The minimum Gasteiger partial charge on any atom is -0.393 e. The number of aliphatic hydroxyl groups excluding tert-OH is 1. The van der Waals surface area contributed by atoms with Gasteiger partial charge >= 0.3 is 0 Å². The van der Waals surface area contributed by atoms with E-state index in [1.807, 2.05) is 19.2 Å². The molecule has 100 valence electrons. The van der Waals surface area contributed by atoms with Crippen molar-refractivity contribution < 1.29 is 5.11 Å². The highest BCUT2D eigenvalue weighted by Gasteiger charge is 2.24. The van der Waals surface area contributed by atoms with E-state index in [0.717, 1.165) is 32.5 Å². The van der Waals surface area contributed by atoms with Gasteiger partial charge in [-0.05, 0) is 38.8 Å². The number of rotatable bonds is 5. The van der Waals surface area contributed by atoms with E-state index in [2.05, 4.69) is 4.90 Å². The average Bonchev–Trinajstić information content (AvgIpc) is 2.75. The highest BCUT2D eigenvalue weighted by Crippen LogP contribution is 2.20. The Bertz CT molecular complexity index is 428. The van der Waals surface area contributed by atoms with Gasteiger partial charge in [0.05, 0.1) is 6.10 Å². The van der Waals surface area contributed by atoms with Gasteiger partial charge in [0.15, 0.2) is 0 Å². The van der Waals surface area contributed by atoms with Crippen LogP contribution in [0.5, 0.6) is 0 Å². The van der Waals surface area contributed by atoms with Crippen LogP contribution < -0.4 is 5.56 Å². The van der Waals surface area contributed by atoms with Gasteiger partial charge in [-0.2, -0.15) is 0 Å². The molecule has 1 saturated heterocycles. The summed E-state index contributed by atoms with van der Waals surface area (Å²) in [5.41, 5.74) is 0.0590. The van der Waals surface area contributed by atoms with Crippen LogP contribution >= 0.6 is 0 Å². The summed E-state index contributed by atoms with van der Waals surface area (Å²) in [5, 5.41) is 9.48.